The average Bonchev–Trinajstić information content (AvgIpc) is 2.86. The van der Waals surface area contributed by atoms with Gasteiger partial charge in [0.15, 0.2) is 0 Å². The third kappa shape index (κ3) is 3.85. The van der Waals surface area contributed by atoms with Crippen molar-refractivity contribution in [1.29, 1.82) is 0 Å². The van der Waals surface area contributed by atoms with Crippen molar-refractivity contribution in [2.24, 2.45) is 5.84 Å². The average molecular weight is 273 g/mol. The van der Waals surface area contributed by atoms with Crippen molar-refractivity contribution >= 4 is 16.5 Å². The van der Waals surface area contributed by atoms with Crippen LogP contribution in [0.25, 0.3) is 0 Å². The lowest BCUT2D eigenvalue weighted by Crippen LogP contribution is -2.36. The van der Waals surface area contributed by atoms with Crippen molar-refractivity contribution in [1.82, 2.24) is 15.1 Å². The van der Waals surface area contributed by atoms with Crippen LogP contribution in [0.4, 0.5) is 5.13 Å². The summed E-state index contributed by atoms with van der Waals surface area (Å²) >= 11 is 1.48. The third-order valence-corrected chi connectivity index (χ3v) is 3.77. The molecule has 1 fully saturated rings. The van der Waals surface area contributed by atoms with Crippen LogP contribution in [0.3, 0.4) is 0 Å². The van der Waals surface area contributed by atoms with Gasteiger partial charge in [-0.05, 0) is 12.8 Å². The number of ether oxygens (including phenoxy) is 1. The molecule has 18 heavy (non-hydrogen) atoms. The number of nitrogens with two attached hydrogens (primary N) is 1. The highest BCUT2D eigenvalue weighted by Gasteiger charge is 2.20. The zero-order chi connectivity index (χ0) is 12.8. The number of hydrogen-bond acceptors (Lipinski definition) is 8. The number of likely N-dealkylation sites (tertiary alicyclic amines) is 1. The highest BCUT2D eigenvalue weighted by Crippen LogP contribution is 2.19. The fourth-order valence-electron chi connectivity index (χ4n) is 2.02. The Hall–Kier alpha value is -0.800. The monoisotopic (exact) mass is 273 g/mol. The smallest absolute Gasteiger partial charge is 0.219 e. The molecule has 0 bridgehead atoms. The van der Waals surface area contributed by atoms with Crippen molar-refractivity contribution in [2.45, 2.75) is 25.5 Å². The first-order valence-corrected chi connectivity index (χ1v) is 6.87. The van der Waals surface area contributed by atoms with Gasteiger partial charge in [-0.3, -0.25) is 10.3 Å². The van der Waals surface area contributed by atoms with Crippen molar-refractivity contribution in [3.05, 3.63) is 5.01 Å². The number of anilines is 1. The van der Waals surface area contributed by atoms with E-state index in [1.165, 1.54) is 11.3 Å². The van der Waals surface area contributed by atoms with Crippen LogP contribution in [0.1, 0.15) is 17.8 Å². The first-order chi connectivity index (χ1) is 8.81. The van der Waals surface area contributed by atoms with E-state index in [9.17, 15) is 0 Å². The van der Waals surface area contributed by atoms with Crippen molar-refractivity contribution in [3.8, 4) is 0 Å². The minimum atomic E-state index is 0.0971. The molecule has 2 rings (SSSR count). The molecule has 0 amide bonds. The number of nitrogens with zero attached hydrogens (tertiary/aromatic N) is 3. The van der Waals surface area contributed by atoms with Crippen molar-refractivity contribution in [3.63, 3.8) is 0 Å². The van der Waals surface area contributed by atoms with E-state index in [1.54, 1.807) is 0 Å². The molecule has 0 radical (unpaired) electrons. The second kappa shape index (κ2) is 6.95. The maximum Gasteiger partial charge on any atom is 0.219 e. The molecule has 0 aliphatic carbocycles. The van der Waals surface area contributed by atoms with E-state index in [0.29, 0.717) is 11.7 Å². The molecule has 1 saturated heterocycles. The second-order valence-corrected chi connectivity index (χ2v) is 5.28. The van der Waals surface area contributed by atoms with Gasteiger partial charge in [-0.1, -0.05) is 11.3 Å². The summed E-state index contributed by atoms with van der Waals surface area (Å²) in [5, 5.41) is 18.3. The summed E-state index contributed by atoms with van der Waals surface area (Å²) in [4.78, 5) is 2.33. The van der Waals surface area contributed by atoms with Crippen LogP contribution in [0.2, 0.25) is 0 Å². The highest BCUT2D eigenvalue weighted by atomic mass is 32.1. The summed E-state index contributed by atoms with van der Waals surface area (Å²) in [5.74, 6) is 5.27. The van der Waals surface area contributed by atoms with E-state index in [4.69, 9.17) is 15.7 Å². The van der Waals surface area contributed by atoms with E-state index in [0.717, 1.165) is 37.5 Å². The lowest BCUT2D eigenvalue weighted by molar-refractivity contribution is -0.00904. The summed E-state index contributed by atoms with van der Waals surface area (Å²) in [6.45, 7) is 3.32. The van der Waals surface area contributed by atoms with Gasteiger partial charge in [0.1, 0.15) is 5.01 Å². The molecule has 0 saturated carbocycles. The normalized spacial score (nSPS) is 18.1. The topological polar surface area (TPSA) is 96.5 Å². The van der Waals surface area contributed by atoms with Gasteiger partial charge in [-0.25, -0.2) is 5.84 Å². The van der Waals surface area contributed by atoms with Gasteiger partial charge >= 0.3 is 0 Å². The maximum atomic E-state index is 8.70. The Bertz CT molecular complexity index is 354. The number of aromatic nitrogens is 2. The number of hydrazine groups is 1. The minimum Gasteiger partial charge on any atom is -0.394 e. The lowest BCUT2D eigenvalue weighted by atomic mass is 10.1. The Morgan fingerprint density at radius 3 is 2.83 bits per heavy atom. The molecule has 0 unspecified atom stereocenters. The Kier molecular flexibility index (Phi) is 5.26. The molecule has 1 aliphatic heterocycles. The van der Waals surface area contributed by atoms with Crippen LogP contribution < -0.4 is 11.3 Å². The predicted octanol–water partition coefficient (Wildman–Crippen LogP) is -0.203. The molecular formula is C10H19N5O2S. The van der Waals surface area contributed by atoms with Gasteiger partial charge in [-0.2, -0.15) is 0 Å². The Morgan fingerprint density at radius 2 is 2.22 bits per heavy atom. The number of hydrogen-bond donors (Lipinski definition) is 3. The van der Waals surface area contributed by atoms with Crippen molar-refractivity contribution < 1.29 is 9.84 Å². The van der Waals surface area contributed by atoms with Gasteiger partial charge in [0, 0.05) is 13.1 Å². The molecule has 102 valence electrons. The summed E-state index contributed by atoms with van der Waals surface area (Å²) in [6, 6.07) is 0. The first-order valence-electron chi connectivity index (χ1n) is 6.05. The molecule has 8 heteroatoms. The number of piperidine rings is 1. The molecular weight excluding hydrogens is 254 g/mol. The molecule has 0 aromatic carbocycles. The third-order valence-electron chi connectivity index (χ3n) is 2.93. The maximum absolute atomic E-state index is 8.70. The molecule has 2 heterocycles. The van der Waals surface area contributed by atoms with Crippen LogP contribution in [0, 0.1) is 0 Å². The minimum absolute atomic E-state index is 0.0971. The molecule has 0 spiro atoms. The zero-order valence-electron chi connectivity index (χ0n) is 10.2. The highest BCUT2D eigenvalue weighted by molar-refractivity contribution is 7.15. The van der Waals surface area contributed by atoms with Gasteiger partial charge in [0.05, 0.1) is 25.9 Å². The Balaban J connectivity index is 1.73. The number of nitrogens with one attached hydrogen (secondary N) is 1. The fourth-order valence-corrected chi connectivity index (χ4v) is 2.71. The fraction of sp³-hybridized carbons (Fsp3) is 0.800. The first kappa shape index (κ1) is 13.6. The van der Waals surface area contributed by atoms with Crippen LogP contribution in [0.5, 0.6) is 0 Å². The molecule has 1 aromatic heterocycles. The number of aliphatic hydroxyl groups excluding tert-OH is 1. The molecule has 1 aromatic rings. The number of rotatable bonds is 6. The molecule has 1 aliphatic rings. The predicted molar refractivity (Wildman–Crippen MR) is 69.1 cm³/mol. The summed E-state index contributed by atoms with van der Waals surface area (Å²) in [7, 11) is 0. The molecule has 4 N–H and O–H groups in total. The molecule has 0 atom stereocenters. The standard InChI is InChI=1S/C10H19N5O2S/c11-12-10-14-13-9(18-10)7-15-3-1-8(2-4-15)17-6-5-16/h8,16H,1-7,11H2,(H,12,14). The van der Waals surface area contributed by atoms with Gasteiger partial charge < -0.3 is 9.84 Å². The van der Waals surface area contributed by atoms with Crippen LogP contribution >= 0.6 is 11.3 Å². The number of nitrogen functional groups attached to an aromatic ring is 1. The van der Waals surface area contributed by atoms with Crippen LogP contribution in [0.15, 0.2) is 0 Å². The molecule has 7 nitrogen and oxygen atoms in total. The largest absolute Gasteiger partial charge is 0.394 e. The van der Waals surface area contributed by atoms with E-state index in [-0.39, 0.29) is 12.7 Å². The lowest BCUT2D eigenvalue weighted by Gasteiger charge is -2.30. The zero-order valence-corrected chi connectivity index (χ0v) is 11.0. The SMILES string of the molecule is NNc1nnc(CN2CCC(OCCO)CC2)s1. The van der Waals surface area contributed by atoms with Crippen molar-refractivity contribution in [2.75, 3.05) is 31.7 Å². The van der Waals surface area contributed by atoms with Crippen LogP contribution in [-0.2, 0) is 11.3 Å². The van der Waals surface area contributed by atoms with Gasteiger partial charge in [0.25, 0.3) is 0 Å². The van der Waals surface area contributed by atoms with E-state index in [1.807, 2.05) is 0 Å². The summed E-state index contributed by atoms with van der Waals surface area (Å²) in [6.07, 6.45) is 2.28. The number of aliphatic hydroxyl groups is 1. The van der Waals surface area contributed by atoms with E-state index < -0.39 is 0 Å². The van der Waals surface area contributed by atoms with Gasteiger partial charge in [-0.15, -0.1) is 10.2 Å². The second-order valence-electron chi connectivity index (χ2n) is 4.22. The summed E-state index contributed by atoms with van der Waals surface area (Å²) < 4.78 is 5.52. The van der Waals surface area contributed by atoms with Crippen LogP contribution in [-0.4, -0.2) is 52.6 Å². The van der Waals surface area contributed by atoms with Gasteiger partial charge in [0.2, 0.25) is 5.13 Å². The van der Waals surface area contributed by atoms with E-state index in [2.05, 4.69) is 20.5 Å². The Labute approximate surface area is 110 Å². The van der Waals surface area contributed by atoms with E-state index >= 15 is 0 Å². The quantitative estimate of drug-likeness (QED) is 0.488. The summed E-state index contributed by atoms with van der Waals surface area (Å²) in [5.41, 5.74) is 2.50. The Morgan fingerprint density at radius 1 is 1.44 bits per heavy atom.